The van der Waals surface area contributed by atoms with E-state index < -0.39 is 124 Å². The summed E-state index contributed by atoms with van der Waals surface area (Å²) >= 11 is 0. The van der Waals surface area contributed by atoms with Gasteiger partial charge in [0, 0.05) is 6.42 Å². The Hall–Kier alpha value is -1.73. The van der Waals surface area contributed by atoms with Crippen LogP contribution in [-0.4, -0.2) is 193 Å². The lowest BCUT2D eigenvalue weighted by atomic mass is 9.96. The molecule has 0 aliphatic carbocycles. The predicted molar refractivity (Wildman–Crippen MR) is 393 cm³/mol. The SMILES string of the molecule is CCCCCCCCCCCCCCCCCCCCCCCC/C=C/CC/C=C/C(O)C(COC1OC(CO)C(OC2OC(CO)C(OC3OC(CO)C(O)C(O)C3O)C(O)C2O)C(O)C1O)NC(=O)CCCCCCCCCCCCCCCCCCCCCCCCCCCC. The van der Waals surface area contributed by atoms with Crippen LogP contribution >= 0.6 is 0 Å². The van der Waals surface area contributed by atoms with Crippen LogP contribution < -0.4 is 5.32 Å². The van der Waals surface area contributed by atoms with Crippen LogP contribution in [0.3, 0.4) is 0 Å². The first-order valence-corrected chi connectivity index (χ1v) is 41.1. The fourth-order valence-electron chi connectivity index (χ4n) is 14.2. The third-order valence-electron chi connectivity index (χ3n) is 20.8. The van der Waals surface area contributed by atoms with E-state index in [1.807, 2.05) is 6.08 Å². The highest BCUT2D eigenvalue weighted by Crippen LogP contribution is 2.33. The number of carbonyl (C=O) groups excluding carboxylic acids is 1. The summed E-state index contributed by atoms with van der Waals surface area (Å²) in [6.45, 7) is 1.78. The number of nitrogens with one attached hydrogen (secondary N) is 1. The van der Waals surface area contributed by atoms with Crippen LogP contribution in [-0.2, 0) is 33.2 Å². The Bertz CT molecular complexity index is 1880. The summed E-state index contributed by atoms with van der Waals surface area (Å²) in [5.74, 6) is -0.277. The number of hydrogen-bond donors (Lipinski definition) is 12. The van der Waals surface area contributed by atoms with Gasteiger partial charge in [0.25, 0.3) is 0 Å². The summed E-state index contributed by atoms with van der Waals surface area (Å²) in [6.07, 6.45) is 47.5. The molecule has 17 atom stereocenters. The average Bonchev–Trinajstić information content (AvgIpc) is 0.506. The van der Waals surface area contributed by atoms with Gasteiger partial charge in [-0.15, -0.1) is 0 Å². The van der Waals surface area contributed by atoms with E-state index in [0.29, 0.717) is 12.8 Å². The van der Waals surface area contributed by atoms with E-state index >= 15 is 0 Å². The Morgan fingerprint density at radius 3 is 1.01 bits per heavy atom. The Balaban J connectivity index is 1.38. The summed E-state index contributed by atoms with van der Waals surface area (Å²) < 4.78 is 34.5. The molecule has 0 saturated carbocycles. The largest absolute Gasteiger partial charge is 0.394 e. The number of carbonyl (C=O) groups is 1. The highest BCUT2D eigenvalue weighted by Gasteiger charge is 2.54. The first-order valence-electron chi connectivity index (χ1n) is 41.1. The maximum atomic E-state index is 13.5. The second-order valence-electron chi connectivity index (χ2n) is 29.6. The van der Waals surface area contributed by atoms with E-state index in [1.165, 1.54) is 276 Å². The molecule has 3 fully saturated rings. The second kappa shape index (κ2) is 61.4. The number of hydrogen-bond acceptors (Lipinski definition) is 18. The van der Waals surface area contributed by atoms with Crippen LogP contribution in [0.4, 0.5) is 0 Å². The van der Waals surface area contributed by atoms with E-state index in [2.05, 4.69) is 31.3 Å². The molecule has 0 aromatic heterocycles. The lowest BCUT2D eigenvalue weighted by Gasteiger charge is -2.48. The van der Waals surface area contributed by atoms with Gasteiger partial charge in [-0.2, -0.15) is 0 Å². The summed E-state index contributed by atoms with van der Waals surface area (Å²) in [6, 6.07) is -0.988. The molecule has 0 aromatic carbocycles. The van der Waals surface area contributed by atoms with Crippen molar-refractivity contribution < 1.29 is 89.4 Å². The van der Waals surface area contributed by atoms with E-state index in [0.717, 1.165) is 38.5 Å². The quantitative estimate of drug-likeness (QED) is 0.0199. The zero-order valence-corrected chi connectivity index (χ0v) is 62.5. The zero-order chi connectivity index (χ0) is 71.8. The molecular weight excluding hydrogens is 1260 g/mol. The van der Waals surface area contributed by atoms with E-state index in [1.54, 1.807) is 6.08 Å². The minimum absolute atomic E-state index is 0.241. The van der Waals surface area contributed by atoms with E-state index in [4.69, 9.17) is 28.4 Å². The number of amides is 1. The van der Waals surface area contributed by atoms with Crippen molar-refractivity contribution in [2.45, 2.75) is 452 Å². The van der Waals surface area contributed by atoms with Crippen molar-refractivity contribution in [1.29, 1.82) is 0 Å². The number of aliphatic hydroxyl groups excluding tert-OH is 11. The van der Waals surface area contributed by atoms with Gasteiger partial charge in [-0.1, -0.05) is 334 Å². The van der Waals surface area contributed by atoms with Crippen LogP contribution in [0, 0.1) is 0 Å². The number of rotatable bonds is 66. The Morgan fingerprint density at radius 2 is 0.646 bits per heavy atom. The molecular formula is C80H151NO18. The normalized spacial score (nSPS) is 26.7. The van der Waals surface area contributed by atoms with Gasteiger partial charge in [0.05, 0.1) is 38.6 Å². The lowest BCUT2D eigenvalue weighted by molar-refractivity contribution is -0.379. The van der Waals surface area contributed by atoms with Crippen molar-refractivity contribution in [1.82, 2.24) is 5.32 Å². The van der Waals surface area contributed by atoms with Gasteiger partial charge in [0.2, 0.25) is 5.91 Å². The molecule has 584 valence electrons. The second-order valence-corrected chi connectivity index (χ2v) is 29.6. The summed E-state index contributed by atoms with van der Waals surface area (Å²) in [5, 5.41) is 121. The van der Waals surface area contributed by atoms with Crippen LogP contribution in [0.25, 0.3) is 0 Å². The standard InChI is InChI=1S/C80H151NO18/c1-3-5-7-9-11-13-15-17-19-21-23-25-27-29-31-32-33-35-37-39-41-43-45-47-49-51-53-55-57-64(85)63(81-68(86)58-56-54-52-50-48-46-44-42-40-38-36-34-30-28-26-24-22-20-18-16-14-12-10-8-6-4-2)62-94-78-74(92)71(89)76(66(60-83)96-78)99-80-75(93)72(90)77(67(61-84)97-80)98-79-73(91)70(88)69(87)65(59-82)95-79/h47,49,55,57,63-67,69-80,82-85,87-93H,3-46,48,50-54,56,58-62H2,1-2H3,(H,81,86)/b49-47+,57-55+. The molecule has 3 aliphatic heterocycles. The number of unbranched alkanes of at least 4 members (excludes halogenated alkanes) is 48. The smallest absolute Gasteiger partial charge is 0.220 e. The maximum absolute atomic E-state index is 13.5. The van der Waals surface area contributed by atoms with Crippen LogP contribution in [0.1, 0.15) is 348 Å². The topological polar surface area (TPSA) is 307 Å². The summed E-state index contributed by atoms with van der Waals surface area (Å²) in [7, 11) is 0. The van der Waals surface area contributed by atoms with Gasteiger partial charge < -0.3 is 89.9 Å². The minimum Gasteiger partial charge on any atom is -0.394 e. The molecule has 1 amide bonds. The molecule has 99 heavy (non-hydrogen) atoms. The monoisotopic (exact) mass is 1410 g/mol. The van der Waals surface area contributed by atoms with Crippen LogP contribution in [0.2, 0.25) is 0 Å². The molecule has 0 bridgehead atoms. The Labute approximate surface area is 600 Å². The number of aliphatic hydroxyl groups is 11. The third kappa shape index (κ3) is 41.7. The Kier molecular flexibility index (Phi) is 56.8. The molecule has 12 N–H and O–H groups in total. The molecule has 19 nitrogen and oxygen atoms in total. The average molecular weight is 1420 g/mol. The molecule has 3 rings (SSSR count). The zero-order valence-electron chi connectivity index (χ0n) is 62.5. The highest BCUT2D eigenvalue weighted by molar-refractivity contribution is 5.76. The van der Waals surface area contributed by atoms with Crippen molar-refractivity contribution in [3.63, 3.8) is 0 Å². The van der Waals surface area contributed by atoms with Gasteiger partial charge in [-0.25, -0.2) is 0 Å². The molecule has 0 radical (unpaired) electrons. The molecule has 3 heterocycles. The number of allylic oxidation sites excluding steroid dienone is 3. The van der Waals surface area contributed by atoms with Gasteiger partial charge in [0.1, 0.15) is 73.2 Å². The third-order valence-corrected chi connectivity index (χ3v) is 20.8. The van der Waals surface area contributed by atoms with Gasteiger partial charge in [0.15, 0.2) is 18.9 Å². The van der Waals surface area contributed by atoms with Crippen molar-refractivity contribution in [2.75, 3.05) is 26.4 Å². The first kappa shape index (κ1) is 91.5. The van der Waals surface area contributed by atoms with Gasteiger partial charge >= 0.3 is 0 Å². The van der Waals surface area contributed by atoms with Crippen molar-refractivity contribution in [2.24, 2.45) is 0 Å². The Morgan fingerprint density at radius 1 is 0.354 bits per heavy atom. The maximum Gasteiger partial charge on any atom is 0.220 e. The molecule has 19 heteroatoms. The van der Waals surface area contributed by atoms with Crippen LogP contribution in [0.15, 0.2) is 24.3 Å². The number of ether oxygens (including phenoxy) is 6. The molecule has 17 unspecified atom stereocenters. The van der Waals surface area contributed by atoms with Crippen molar-refractivity contribution >= 4 is 5.91 Å². The highest BCUT2D eigenvalue weighted by atomic mass is 16.8. The summed E-state index contributed by atoms with van der Waals surface area (Å²) in [4.78, 5) is 13.5. The molecule has 3 aliphatic rings. The molecule has 0 spiro atoms. The van der Waals surface area contributed by atoms with E-state index in [9.17, 15) is 61.0 Å². The summed E-state index contributed by atoms with van der Waals surface area (Å²) in [5.41, 5.74) is 0. The van der Waals surface area contributed by atoms with Gasteiger partial charge in [-0.3, -0.25) is 4.79 Å². The first-order chi connectivity index (χ1) is 48.3. The molecule has 0 aromatic rings. The lowest BCUT2D eigenvalue weighted by Crippen LogP contribution is -2.66. The van der Waals surface area contributed by atoms with Crippen molar-refractivity contribution in [3.8, 4) is 0 Å². The fraction of sp³-hybridized carbons (Fsp3) is 0.938. The molecule has 3 saturated heterocycles. The van der Waals surface area contributed by atoms with E-state index in [-0.39, 0.29) is 18.9 Å². The fourth-order valence-corrected chi connectivity index (χ4v) is 14.2. The van der Waals surface area contributed by atoms with Crippen LogP contribution in [0.5, 0.6) is 0 Å². The predicted octanol–water partition coefficient (Wildman–Crippen LogP) is 13.7. The minimum atomic E-state index is -1.98. The van der Waals surface area contributed by atoms with Crippen molar-refractivity contribution in [3.05, 3.63) is 24.3 Å². The van der Waals surface area contributed by atoms with Gasteiger partial charge in [-0.05, 0) is 32.1 Å².